The zero-order valence-electron chi connectivity index (χ0n) is 35.0. The van der Waals surface area contributed by atoms with Crippen LogP contribution in [0.5, 0.6) is 23.0 Å². The average Bonchev–Trinajstić information content (AvgIpc) is 3.56. The van der Waals surface area contributed by atoms with Crippen molar-refractivity contribution >= 4 is 18.1 Å². The van der Waals surface area contributed by atoms with Crippen LogP contribution in [-0.4, -0.2) is 25.8 Å². The van der Waals surface area contributed by atoms with Crippen LogP contribution >= 0.6 is 0 Å². The molecule has 0 saturated carbocycles. The van der Waals surface area contributed by atoms with Crippen molar-refractivity contribution in [3.8, 4) is 23.0 Å². The van der Waals surface area contributed by atoms with Crippen LogP contribution in [0.15, 0.2) is 97.1 Å². The minimum atomic E-state index is -0.411. The first-order valence-electron chi connectivity index (χ1n) is 21.1. The molecule has 1 atom stereocenters. The van der Waals surface area contributed by atoms with E-state index in [2.05, 4.69) is 77.9 Å². The highest BCUT2D eigenvalue weighted by molar-refractivity contribution is 5.88. The first-order valence-corrected chi connectivity index (χ1v) is 21.1. The standard InChI is InChI=1S/C51H62O6/c1-7-9-11-13-31-53-40-22-17-38(18-23-40)16-15-33-55-57-43-27-29-45-47(35-43)51(37-50(45,5)6)36-49(3,4)44-28-26-42(34-46(44)51)56-48(52)30-21-39-19-24-41(25-20-39)54-32-14-12-10-8-2/h15-30,34-35H,7-14,31-33,36-37H2,1-6H3/b16-15+,30-21+. The molecule has 0 saturated heterocycles. The highest BCUT2D eigenvalue weighted by Crippen LogP contribution is 2.63. The second kappa shape index (κ2) is 19.1. The van der Waals surface area contributed by atoms with Crippen LogP contribution in [-0.2, 0) is 25.9 Å². The van der Waals surface area contributed by atoms with Gasteiger partial charge in [0.15, 0.2) is 5.75 Å². The van der Waals surface area contributed by atoms with E-state index in [4.69, 9.17) is 24.0 Å². The van der Waals surface area contributed by atoms with Gasteiger partial charge in [0.25, 0.3) is 0 Å². The summed E-state index contributed by atoms with van der Waals surface area (Å²) in [7, 11) is 0. The molecule has 1 spiro atoms. The van der Waals surface area contributed by atoms with Gasteiger partial charge in [-0.05, 0) is 125 Å². The first kappa shape index (κ1) is 41.8. The predicted octanol–water partition coefficient (Wildman–Crippen LogP) is 12.9. The number of carbonyl (C=O) groups is 1. The maximum atomic E-state index is 13.1. The van der Waals surface area contributed by atoms with Crippen molar-refractivity contribution in [3.63, 3.8) is 0 Å². The number of hydrogen-bond acceptors (Lipinski definition) is 6. The lowest BCUT2D eigenvalue weighted by Crippen LogP contribution is -2.27. The third kappa shape index (κ3) is 10.6. The van der Waals surface area contributed by atoms with Crippen molar-refractivity contribution in [2.75, 3.05) is 19.8 Å². The molecule has 0 fully saturated rings. The molecule has 0 N–H and O–H groups in total. The molecule has 6 rings (SSSR count). The fourth-order valence-corrected chi connectivity index (χ4v) is 8.85. The Hall–Kier alpha value is -4.81. The summed E-state index contributed by atoms with van der Waals surface area (Å²) in [5.41, 5.74) is 6.65. The molecule has 6 heteroatoms. The molecule has 6 nitrogen and oxygen atoms in total. The van der Waals surface area contributed by atoms with Gasteiger partial charge in [-0.25, -0.2) is 4.79 Å². The minimum absolute atomic E-state index is 0.0597. The summed E-state index contributed by atoms with van der Waals surface area (Å²) >= 11 is 0. The molecule has 4 aromatic carbocycles. The van der Waals surface area contributed by atoms with Gasteiger partial charge in [-0.2, -0.15) is 4.89 Å². The van der Waals surface area contributed by atoms with Crippen LogP contribution in [0, 0.1) is 0 Å². The summed E-state index contributed by atoms with van der Waals surface area (Å²) < 4.78 is 17.7. The van der Waals surface area contributed by atoms with E-state index < -0.39 is 5.97 Å². The van der Waals surface area contributed by atoms with Gasteiger partial charge in [0.05, 0.1) is 13.2 Å². The van der Waals surface area contributed by atoms with Crippen LogP contribution in [0.1, 0.15) is 139 Å². The zero-order chi connectivity index (χ0) is 40.3. The molecule has 0 aliphatic heterocycles. The van der Waals surface area contributed by atoms with Gasteiger partial charge >= 0.3 is 5.97 Å². The lowest BCUT2D eigenvalue weighted by molar-refractivity contribution is -0.195. The van der Waals surface area contributed by atoms with Crippen molar-refractivity contribution in [1.29, 1.82) is 0 Å². The van der Waals surface area contributed by atoms with E-state index in [1.807, 2.05) is 60.7 Å². The van der Waals surface area contributed by atoms with E-state index >= 15 is 0 Å². The van der Waals surface area contributed by atoms with Gasteiger partial charge in [0.1, 0.15) is 23.9 Å². The summed E-state index contributed by atoms with van der Waals surface area (Å²) in [6.45, 7) is 15.5. The third-order valence-corrected chi connectivity index (χ3v) is 11.5. The molecule has 0 amide bonds. The highest BCUT2D eigenvalue weighted by atomic mass is 17.2. The predicted molar refractivity (Wildman–Crippen MR) is 231 cm³/mol. The monoisotopic (exact) mass is 770 g/mol. The molecule has 0 bridgehead atoms. The summed E-state index contributed by atoms with van der Waals surface area (Å²) in [5.74, 6) is 2.55. The second-order valence-corrected chi connectivity index (χ2v) is 17.1. The fourth-order valence-electron chi connectivity index (χ4n) is 8.85. The lowest BCUT2D eigenvalue weighted by atomic mass is 9.72. The average molecular weight is 771 g/mol. The molecule has 2 aliphatic carbocycles. The van der Waals surface area contributed by atoms with Gasteiger partial charge in [0.2, 0.25) is 0 Å². The van der Waals surface area contributed by atoms with Gasteiger partial charge in [-0.3, -0.25) is 0 Å². The van der Waals surface area contributed by atoms with Crippen molar-refractivity contribution in [2.24, 2.45) is 0 Å². The van der Waals surface area contributed by atoms with E-state index in [1.165, 1.54) is 66.9 Å². The number of hydrogen-bond donors (Lipinski definition) is 0. The molecule has 302 valence electrons. The number of benzene rings is 4. The molecule has 2 aliphatic rings. The Labute approximate surface area is 341 Å². The van der Waals surface area contributed by atoms with Crippen LogP contribution in [0.25, 0.3) is 12.2 Å². The van der Waals surface area contributed by atoms with Crippen molar-refractivity contribution < 1.29 is 28.8 Å². The number of esters is 1. The van der Waals surface area contributed by atoms with Crippen LogP contribution in [0.2, 0.25) is 0 Å². The maximum Gasteiger partial charge on any atom is 0.336 e. The van der Waals surface area contributed by atoms with Crippen molar-refractivity contribution in [2.45, 2.75) is 122 Å². The van der Waals surface area contributed by atoms with Gasteiger partial charge < -0.3 is 19.1 Å². The summed E-state index contributed by atoms with van der Waals surface area (Å²) in [5, 5.41) is 0. The van der Waals surface area contributed by atoms with Crippen LogP contribution < -0.4 is 19.1 Å². The SMILES string of the molecule is CCCCCCOc1ccc(/C=C/COOc2ccc3c(c2)C2(CC3(C)C)CC(C)(C)c3ccc(OC(=O)/C=C/c4ccc(OCCCCCC)cc4)cc32)cc1. The first-order chi connectivity index (χ1) is 27.5. The third-order valence-electron chi connectivity index (χ3n) is 11.5. The lowest BCUT2D eigenvalue weighted by Gasteiger charge is -2.30. The number of fused-ring (bicyclic) bond motifs is 4. The molecular weight excluding hydrogens is 709 g/mol. The number of rotatable bonds is 20. The topological polar surface area (TPSA) is 63.2 Å². The number of carbonyl (C=O) groups excluding carboxylic acids is 1. The fraction of sp³-hybridized carbons (Fsp3) is 0.431. The van der Waals surface area contributed by atoms with Gasteiger partial charge in [-0.1, -0.05) is 129 Å². The van der Waals surface area contributed by atoms with E-state index in [0.29, 0.717) is 18.1 Å². The largest absolute Gasteiger partial charge is 0.494 e. The van der Waals surface area contributed by atoms with Crippen LogP contribution in [0.3, 0.4) is 0 Å². The molecular formula is C51H62O6. The summed E-state index contributed by atoms with van der Waals surface area (Å²) in [6.07, 6.45) is 18.6. The van der Waals surface area contributed by atoms with Crippen molar-refractivity contribution in [1.82, 2.24) is 0 Å². The molecule has 0 aromatic heterocycles. The van der Waals surface area contributed by atoms with Crippen molar-refractivity contribution in [3.05, 3.63) is 130 Å². The van der Waals surface area contributed by atoms with E-state index in [-0.39, 0.29) is 16.2 Å². The quantitative estimate of drug-likeness (QED) is 0.0223. The normalized spacial score (nSPS) is 17.6. The second-order valence-electron chi connectivity index (χ2n) is 17.1. The Balaban J connectivity index is 1.09. The summed E-state index contributed by atoms with van der Waals surface area (Å²) in [6, 6.07) is 28.5. The maximum absolute atomic E-state index is 13.1. The Bertz CT molecular complexity index is 1980. The summed E-state index contributed by atoms with van der Waals surface area (Å²) in [4.78, 5) is 24.7. The van der Waals surface area contributed by atoms with E-state index in [1.54, 1.807) is 6.08 Å². The molecule has 0 heterocycles. The minimum Gasteiger partial charge on any atom is -0.494 e. The number of unbranched alkanes of at least 4 members (excludes halogenated alkanes) is 6. The smallest absolute Gasteiger partial charge is 0.336 e. The Morgan fingerprint density at radius 2 is 1.07 bits per heavy atom. The van der Waals surface area contributed by atoms with Gasteiger partial charge in [-0.15, -0.1) is 0 Å². The molecule has 4 aromatic rings. The van der Waals surface area contributed by atoms with Gasteiger partial charge in [0, 0.05) is 11.5 Å². The van der Waals surface area contributed by atoms with E-state index in [9.17, 15) is 4.79 Å². The molecule has 1 unspecified atom stereocenters. The van der Waals surface area contributed by atoms with Crippen LogP contribution in [0.4, 0.5) is 0 Å². The molecule has 57 heavy (non-hydrogen) atoms. The number of ether oxygens (including phenoxy) is 3. The Kier molecular flexibility index (Phi) is 14.0. The zero-order valence-corrected chi connectivity index (χ0v) is 35.0. The van der Waals surface area contributed by atoms with E-state index in [0.717, 1.165) is 61.5 Å². The Morgan fingerprint density at radius 3 is 1.61 bits per heavy atom. The molecule has 0 radical (unpaired) electrons. The Morgan fingerprint density at radius 1 is 0.579 bits per heavy atom. The highest BCUT2D eigenvalue weighted by Gasteiger charge is 2.56.